The molecule has 0 heterocycles. The molecular formula is C25H27FN2O4S. The summed E-state index contributed by atoms with van der Waals surface area (Å²) < 4.78 is 45.9. The zero-order chi connectivity index (χ0) is 23.8. The maximum Gasteiger partial charge on any atom is 0.251 e. The maximum absolute atomic E-state index is 13.0. The molecule has 0 spiro atoms. The van der Waals surface area contributed by atoms with E-state index in [1.165, 1.54) is 12.1 Å². The third kappa shape index (κ3) is 7.69. The summed E-state index contributed by atoms with van der Waals surface area (Å²) in [5.41, 5.74) is 2.58. The summed E-state index contributed by atoms with van der Waals surface area (Å²) in [5, 5.41) is 2.84. The van der Waals surface area contributed by atoms with E-state index in [1.54, 1.807) is 74.5 Å². The first-order valence-electron chi connectivity index (χ1n) is 10.5. The maximum atomic E-state index is 13.0. The van der Waals surface area contributed by atoms with Crippen LogP contribution in [-0.2, 0) is 28.9 Å². The van der Waals surface area contributed by atoms with Gasteiger partial charge in [0.1, 0.15) is 18.2 Å². The van der Waals surface area contributed by atoms with Crippen LogP contribution in [0.5, 0.6) is 5.75 Å². The Morgan fingerprint density at radius 2 is 1.67 bits per heavy atom. The van der Waals surface area contributed by atoms with E-state index in [2.05, 4.69) is 10.0 Å². The Balaban J connectivity index is 1.62. The van der Waals surface area contributed by atoms with Crippen molar-refractivity contribution in [2.75, 3.05) is 0 Å². The third-order valence-electron chi connectivity index (χ3n) is 4.73. The fourth-order valence-corrected chi connectivity index (χ4v) is 4.72. The monoisotopic (exact) mass is 470 g/mol. The molecule has 0 aliphatic heterocycles. The summed E-state index contributed by atoms with van der Waals surface area (Å²) >= 11 is 0. The number of nitrogens with one attached hydrogen (secondary N) is 2. The first kappa shape index (κ1) is 24.4. The molecule has 0 atom stereocenters. The Morgan fingerprint density at radius 3 is 2.36 bits per heavy atom. The van der Waals surface area contributed by atoms with Gasteiger partial charge in [-0.25, -0.2) is 17.5 Å². The van der Waals surface area contributed by atoms with Crippen LogP contribution in [0.2, 0.25) is 0 Å². The molecular weight excluding hydrogens is 443 g/mol. The van der Waals surface area contributed by atoms with Crippen molar-refractivity contribution in [1.82, 2.24) is 10.0 Å². The second-order valence-electron chi connectivity index (χ2n) is 7.93. The van der Waals surface area contributed by atoms with Crippen LogP contribution >= 0.6 is 0 Å². The third-order valence-corrected chi connectivity index (χ3v) is 6.26. The van der Waals surface area contributed by atoms with Crippen LogP contribution < -0.4 is 14.8 Å². The topological polar surface area (TPSA) is 84.5 Å². The number of carbonyl (C=O) groups is 1. The molecule has 0 aliphatic rings. The average molecular weight is 471 g/mol. The zero-order valence-corrected chi connectivity index (χ0v) is 19.4. The lowest BCUT2D eigenvalue weighted by Gasteiger charge is -2.13. The van der Waals surface area contributed by atoms with Gasteiger partial charge in [-0.15, -0.1) is 0 Å². The van der Waals surface area contributed by atoms with E-state index in [4.69, 9.17) is 4.74 Å². The number of rotatable bonds is 10. The second-order valence-corrected chi connectivity index (χ2v) is 9.68. The molecule has 3 aromatic carbocycles. The molecule has 0 bridgehead atoms. The molecule has 3 rings (SSSR count). The van der Waals surface area contributed by atoms with Gasteiger partial charge >= 0.3 is 0 Å². The predicted molar refractivity (Wildman–Crippen MR) is 126 cm³/mol. The van der Waals surface area contributed by atoms with Crippen molar-refractivity contribution in [2.24, 2.45) is 0 Å². The number of amides is 1. The number of hydrogen-bond acceptors (Lipinski definition) is 4. The SMILES string of the molecule is CC(C)NS(=O)(=O)Cc1ccccc1CNC(=O)c1cccc(OCc2ccc(F)cc2)c1. The van der Waals surface area contributed by atoms with Gasteiger partial charge in [0.2, 0.25) is 10.0 Å². The molecule has 33 heavy (non-hydrogen) atoms. The van der Waals surface area contributed by atoms with Crippen molar-refractivity contribution in [2.45, 2.75) is 38.8 Å². The van der Waals surface area contributed by atoms with E-state index >= 15 is 0 Å². The van der Waals surface area contributed by atoms with E-state index in [0.29, 0.717) is 16.9 Å². The lowest BCUT2D eigenvalue weighted by molar-refractivity contribution is 0.0950. The Labute approximate surface area is 193 Å². The van der Waals surface area contributed by atoms with Crippen LogP contribution in [0.3, 0.4) is 0 Å². The van der Waals surface area contributed by atoms with Crippen molar-refractivity contribution in [3.63, 3.8) is 0 Å². The van der Waals surface area contributed by atoms with Crippen molar-refractivity contribution < 1.29 is 22.3 Å². The quantitative estimate of drug-likeness (QED) is 0.466. The highest BCUT2D eigenvalue weighted by atomic mass is 32.2. The van der Waals surface area contributed by atoms with Gasteiger partial charge in [-0.2, -0.15) is 0 Å². The molecule has 2 N–H and O–H groups in total. The summed E-state index contributed by atoms with van der Waals surface area (Å²) in [7, 11) is -3.48. The molecule has 0 unspecified atom stereocenters. The van der Waals surface area contributed by atoms with E-state index in [-0.39, 0.29) is 36.7 Å². The minimum atomic E-state index is -3.48. The number of halogens is 1. The van der Waals surface area contributed by atoms with Gasteiger partial charge in [0, 0.05) is 18.2 Å². The van der Waals surface area contributed by atoms with Crippen LogP contribution in [0.1, 0.15) is 40.9 Å². The van der Waals surface area contributed by atoms with E-state index in [9.17, 15) is 17.6 Å². The molecule has 0 saturated carbocycles. The van der Waals surface area contributed by atoms with Gasteiger partial charge < -0.3 is 10.1 Å². The van der Waals surface area contributed by atoms with Crippen LogP contribution in [-0.4, -0.2) is 20.4 Å². The van der Waals surface area contributed by atoms with E-state index < -0.39 is 10.0 Å². The number of sulfonamides is 1. The summed E-state index contributed by atoms with van der Waals surface area (Å²) in [4.78, 5) is 12.7. The number of carbonyl (C=O) groups excluding carboxylic acids is 1. The predicted octanol–water partition coefficient (Wildman–Crippen LogP) is 4.16. The second kappa shape index (κ2) is 11.1. The molecule has 0 radical (unpaired) electrons. The highest BCUT2D eigenvalue weighted by Crippen LogP contribution is 2.17. The van der Waals surface area contributed by atoms with Crippen molar-refractivity contribution in [3.05, 3.63) is 101 Å². The molecule has 0 aliphatic carbocycles. The van der Waals surface area contributed by atoms with Crippen LogP contribution in [0.4, 0.5) is 4.39 Å². The van der Waals surface area contributed by atoms with Gasteiger partial charge in [0.05, 0.1) is 5.75 Å². The fourth-order valence-electron chi connectivity index (χ4n) is 3.23. The van der Waals surface area contributed by atoms with E-state index in [0.717, 1.165) is 11.1 Å². The Bertz CT molecular complexity index is 1200. The average Bonchev–Trinajstić information content (AvgIpc) is 2.77. The minimum absolute atomic E-state index is 0.163. The van der Waals surface area contributed by atoms with Crippen molar-refractivity contribution in [3.8, 4) is 5.75 Å². The first-order valence-corrected chi connectivity index (χ1v) is 12.2. The van der Waals surface area contributed by atoms with Crippen molar-refractivity contribution >= 4 is 15.9 Å². The van der Waals surface area contributed by atoms with Crippen LogP contribution in [0.25, 0.3) is 0 Å². The zero-order valence-electron chi connectivity index (χ0n) is 18.5. The lowest BCUT2D eigenvalue weighted by atomic mass is 10.1. The Hall–Kier alpha value is -3.23. The Morgan fingerprint density at radius 1 is 0.970 bits per heavy atom. The number of hydrogen-bond donors (Lipinski definition) is 2. The number of ether oxygens (including phenoxy) is 1. The summed E-state index contributed by atoms with van der Waals surface area (Å²) in [6, 6.07) is 19.7. The van der Waals surface area contributed by atoms with Crippen molar-refractivity contribution in [1.29, 1.82) is 0 Å². The molecule has 0 aromatic heterocycles. The number of benzene rings is 3. The highest BCUT2D eigenvalue weighted by Gasteiger charge is 2.16. The smallest absolute Gasteiger partial charge is 0.251 e. The van der Waals surface area contributed by atoms with Gasteiger partial charge in [0.15, 0.2) is 0 Å². The molecule has 3 aromatic rings. The van der Waals surface area contributed by atoms with Gasteiger partial charge in [-0.3, -0.25) is 4.79 Å². The normalized spacial score (nSPS) is 11.4. The van der Waals surface area contributed by atoms with E-state index in [1.807, 2.05) is 0 Å². The largest absolute Gasteiger partial charge is 0.489 e. The van der Waals surface area contributed by atoms with Gasteiger partial charge in [-0.05, 0) is 60.9 Å². The summed E-state index contributed by atoms with van der Waals surface area (Å²) in [6.45, 7) is 3.97. The first-order chi connectivity index (χ1) is 15.7. The fraction of sp³-hybridized carbons (Fsp3) is 0.240. The van der Waals surface area contributed by atoms with Crippen LogP contribution in [0.15, 0.2) is 72.8 Å². The molecule has 0 saturated heterocycles. The minimum Gasteiger partial charge on any atom is -0.489 e. The van der Waals surface area contributed by atoms with Gasteiger partial charge in [0.25, 0.3) is 5.91 Å². The summed E-state index contributed by atoms with van der Waals surface area (Å²) in [5.74, 6) is -0.268. The molecule has 6 nitrogen and oxygen atoms in total. The molecule has 0 fully saturated rings. The molecule has 174 valence electrons. The summed E-state index contributed by atoms with van der Waals surface area (Å²) in [6.07, 6.45) is 0. The van der Waals surface area contributed by atoms with Crippen LogP contribution in [0, 0.1) is 5.82 Å². The molecule has 8 heteroatoms. The highest BCUT2D eigenvalue weighted by molar-refractivity contribution is 7.88. The standard InChI is InChI=1S/C25H27FN2O4S/c1-18(2)28-33(30,31)17-22-7-4-3-6-21(22)15-27-25(29)20-8-5-9-24(14-20)32-16-19-10-12-23(26)13-11-19/h3-14,18,28H,15-17H2,1-2H3,(H,27,29). The van der Waals surface area contributed by atoms with Gasteiger partial charge in [-0.1, -0.05) is 42.5 Å². The lowest BCUT2D eigenvalue weighted by Crippen LogP contribution is -2.31. The Kier molecular flexibility index (Phi) is 8.19. The molecule has 1 amide bonds.